The Labute approximate surface area is 90.5 Å². The molecule has 0 rings (SSSR count). The summed E-state index contributed by atoms with van der Waals surface area (Å²) in [4.78, 5) is 0. The Morgan fingerprint density at radius 1 is 0.857 bits per heavy atom. The minimum Gasteiger partial charge on any atom is -0.132 e. The molecule has 0 nitrogen and oxygen atoms in total. The summed E-state index contributed by atoms with van der Waals surface area (Å²) in [5.41, 5.74) is 3.38. The lowest BCUT2D eigenvalue weighted by atomic mass is 10.2. The van der Waals surface area contributed by atoms with Gasteiger partial charge in [0.05, 0.1) is 0 Å². The molecule has 0 fully saturated rings. The molecule has 0 radical (unpaired) electrons. The molecule has 0 unspecified atom stereocenters. The maximum absolute atomic E-state index is 3.38. The van der Waals surface area contributed by atoms with Crippen LogP contribution in [-0.4, -0.2) is 8.07 Å². The van der Waals surface area contributed by atoms with E-state index in [0.29, 0.717) is 0 Å². The van der Waals surface area contributed by atoms with Crippen LogP contribution in [0.4, 0.5) is 0 Å². The van der Waals surface area contributed by atoms with Crippen LogP contribution in [0.2, 0.25) is 19.6 Å². The third-order valence-corrected chi connectivity index (χ3v) is 2.55. The van der Waals surface area contributed by atoms with Crippen molar-refractivity contribution in [3.63, 3.8) is 0 Å². The molecule has 0 spiro atoms. The summed E-state index contributed by atoms with van der Waals surface area (Å²) in [5.74, 6) is 9.52. The van der Waals surface area contributed by atoms with E-state index in [0.717, 1.165) is 19.3 Å². The highest BCUT2D eigenvalue weighted by Gasteiger charge is 2.06. The van der Waals surface area contributed by atoms with E-state index in [2.05, 4.69) is 49.9 Å². The number of rotatable bonds is 3. The molecule has 0 N–H and O–H groups in total. The highest BCUT2D eigenvalue weighted by Crippen LogP contribution is 2.00. The summed E-state index contributed by atoms with van der Waals surface area (Å²) in [6.07, 6.45) is 5.49. The van der Waals surface area contributed by atoms with Gasteiger partial charge >= 0.3 is 0 Å². The maximum atomic E-state index is 3.38. The molecular formula is C13H22Si. The summed E-state index contributed by atoms with van der Waals surface area (Å²) < 4.78 is 0. The molecule has 0 amide bonds. The van der Waals surface area contributed by atoms with Crippen LogP contribution in [0.5, 0.6) is 0 Å². The van der Waals surface area contributed by atoms with E-state index in [9.17, 15) is 0 Å². The molecule has 0 aliphatic carbocycles. The van der Waals surface area contributed by atoms with Gasteiger partial charge in [-0.2, -0.15) is 0 Å². The fourth-order valence-electron chi connectivity index (χ4n) is 0.968. The second-order valence-corrected chi connectivity index (χ2v) is 9.22. The molecule has 0 saturated heterocycles. The van der Waals surface area contributed by atoms with Gasteiger partial charge in [0.15, 0.2) is 0 Å². The van der Waals surface area contributed by atoms with E-state index in [1.807, 2.05) is 0 Å². The van der Waals surface area contributed by atoms with Crippen LogP contribution in [0.3, 0.4) is 0 Å². The molecule has 14 heavy (non-hydrogen) atoms. The first kappa shape index (κ1) is 13.3. The van der Waals surface area contributed by atoms with E-state index >= 15 is 0 Å². The van der Waals surface area contributed by atoms with Gasteiger partial charge in [-0.3, -0.25) is 0 Å². The largest absolute Gasteiger partial charge is 0.132 e. The van der Waals surface area contributed by atoms with Crippen molar-refractivity contribution in [1.82, 2.24) is 0 Å². The van der Waals surface area contributed by atoms with E-state index in [1.54, 1.807) is 0 Å². The van der Waals surface area contributed by atoms with Crippen molar-refractivity contribution in [1.29, 1.82) is 0 Å². The zero-order valence-corrected chi connectivity index (χ0v) is 11.0. The number of hydrogen-bond donors (Lipinski definition) is 0. The second-order valence-electron chi connectivity index (χ2n) is 4.47. The third-order valence-electron chi connectivity index (χ3n) is 1.62. The molecule has 0 aromatic rings. The van der Waals surface area contributed by atoms with E-state index < -0.39 is 8.07 Å². The van der Waals surface area contributed by atoms with Gasteiger partial charge in [0.2, 0.25) is 0 Å². The predicted molar refractivity (Wildman–Crippen MR) is 67.7 cm³/mol. The minimum absolute atomic E-state index is 0.982. The van der Waals surface area contributed by atoms with Gasteiger partial charge in [0.25, 0.3) is 0 Å². The molecule has 1 heteroatoms. The smallest absolute Gasteiger partial charge is 0.129 e. The molecule has 0 atom stereocenters. The van der Waals surface area contributed by atoms with Crippen molar-refractivity contribution in [3.05, 3.63) is 0 Å². The van der Waals surface area contributed by atoms with Crippen LogP contribution in [0, 0.1) is 23.3 Å². The Morgan fingerprint density at radius 2 is 1.43 bits per heavy atom. The maximum Gasteiger partial charge on any atom is 0.129 e. The topological polar surface area (TPSA) is 0 Å². The molecule has 0 aliphatic heterocycles. The third kappa shape index (κ3) is 11.3. The van der Waals surface area contributed by atoms with Crippen LogP contribution < -0.4 is 0 Å². The van der Waals surface area contributed by atoms with Crippen molar-refractivity contribution in [3.8, 4) is 23.3 Å². The van der Waals surface area contributed by atoms with Gasteiger partial charge in [-0.25, -0.2) is 0 Å². The summed E-state index contributed by atoms with van der Waals surface area (Å²) in [7, 11) is -1.13. The molecule has 0 aromatic carbocycles. The van der Waals surface area contributed by atoms with Crippen molar-refractivity contribution < 1.29 is 0 Å². The summed E-state index contributed by atoms with van der Waals surface area (Å²) in [5, 5.41) is 0. The first-order valence-corrected chi connectivity index (χ1v) is 9.02. The van der Waals surface area contributed by atoms with Crippen LogP contribution in [0.25, 0.3) is 0 Å². The fraction of sp³-hybridized carbons (Fsp3) is 0.692. The average Bonchev–Trinajstić information content (AvgIpc) is 2.08. The average molecular weight is 206 g/mol. The van der Waals surface area contributed by atoms with Gasteiger partial charge in [0.1, 0.15) is 8.07 Å². The van der Waals surface area contributed by atoms with Crippen molar-refractivity contribution in [2.45, 2.75) is 58.7 Å². The van der Waals surface area contributed by atoms with Crippen LogP contribution in [0.15, 0.2) is 0 Å². The fourth-order valence-corrected chi connectivity index (χ4v) is 1.62. The molecule has 0 aromatic heterocycles. The quantitative estimate of drug-likeness (QED) is 0.374. The number of hydrogen-bond acceptors (Lipinski definition) is 0. The zero-order chi connectivity index (χ0) is 10.9. The predicted octanol–water partition coefficient (Wildman–Crippen LogP) is 3.84. The SMILES string of the molecule is CCC#CCCCCC#C[Si](C)(C)C. The summed E-state index contributed by atoms with van der Waals surface area (Å²) in [6, 6.07) is 0. The van der Waals surface area contributed by atoms with Crippen LogP contribution in [0.1, 0.15) is 39.0 Å². The highest BCUT2D eigenvalue weighted by atomic mass is 28.3. The molecule has 0 bridgehead atoms. The Kier molecular flexibility index (Phi) is 7.35. The normalized spacial score (nSPS) is 9.71. The monoisotopic (exact) mass is 206 g/mol. The van der Waals surface area contributed by atoms with Crippen molar-refractivity contribution in [2.24, 2.45) is 0 Å². The molecule has 0 heterocycles. The summed E-state index contributed by atoms with van der Waals surface area (Å²) in [6.45, 7) is 8.94. The first-order valence-electron chi connectivity index (χ1n) is 5.52. The van der Waals surface area contributed by atoms with Gasteiger partial charge in [-0.1, -0.05) is 26.6 Å². The van der Waals surface area contributed by atoms with E-state index in [4.69, 9.17) is 0 Å². The van der Waals surface area contributed by atoms with Gasteiger partial charge in [-0.15, -0.1) is 23.3 Å². The minimum atomic E-state index is -1.13. The second kappa shape index (κ2) is 7.71. The van der Waals surface area contributed by atoms with Crippen LogP contribution in [-0.2, 0) is 0 Å². The van der Waals surface area contributed by atoms with Crippen molar-refractivity contribution >= 4 is 8.07 Å². The Hall–Kier alpha value is -0.663. The van der Waals surface area contributed by atoms with Gasteiger partial charge in [-0.05, 0) is 12.8 Å². The van der Waals surface area contributed by atoms with Crippen LogP contribution >= 0.6 is 0 Å². The first-order chi connectivity index (χ1) is 6.56. The lowest BCUT2D eigenvalue weighted by Crippen LogP contribution is -2.16. The van der Waals surface area contributed by atoms with E-state index in [-0.39, 0.29) is 0 Å². The summed E-state index contributed by atoms with van der Waals surface area (Å²) >= 11 is 0. The Morgan fingerprint density at radius 3 is 1.93 bits per heavy atom. The number of unbranched alkanes of at least 4 members (excludes halogenated alkanes) is 3. The molecule has 0 saturated carbocycles. The standard InChI is InChI=1S/C13H22Si/c1-5-6-7-8-9-10-11-12-13-14(2,3)4/h5,8-11H2,1-4H3. The molecular weight excluding hydrogens is 184 g/mol. The molecule has 0 aliphatic rings. The van der Waals surface area contributed by atoms with Gasteiger partial charge < -0.3 is 0 Å². The highest BCUT2D eigenvalue weighted by molar-refractivity contribution is 6.83. The van der Waals surface area contributed by atoms with E-state index in [1.165, 1.54) is 12.8 Å². The lowest BCUT2D eigenvalue weighted by Gasteiger charge is -2.02. The Balaban J connectivity index is 3.41. The van der Waals surface area contributed by atoms with Crippen molar-refractivity contribution in [2.75, 3.05) is 0 Å². The molecule has 78 valence electrons. The van der Waals surface area contributed by atoms with Gasteiger partial charge in [0, 0.05) is 19.3 Å². The Bertz CT molecular complexity index is 249. The zero-order valence-electron chi connectivity index (χ0n) is 10.0. The lowest BCUT2D eigenvalue weighted by molar-refractivity contribution is 0.782.